The first-order valence-corrected chi connectivity index (χ1v) is 10.1. The van der Waals surface area contributed by atoms with Crippen LogP contribution in [0.3, 0.4) is 0 Å². The van der Waals surface area contributed by atoms with Crippen LogP contribution in [0.1, 0.15) is 10.4 Å². The van der Waals surface area contributed by atoms with Crippen molar-refractivity contribution in [1.29, 1.82) is 0 Å². The zero-order valence-electron chi connectivity index (χ0n) is 15.6. The number of hydrogen-bond donors (Lipinski definition) is 1. The first-order chi connectivity index (χ1) is 14.6. The summed E-state index contributed by atoms with van der Waals surface area (Å²) in [7, 11) is 0. The van der Waals surface area contributed by atoms with E-state index in [1.54, 1.807) is 30.5 Å². The molecule has 0 saturated carbocycles. The van der Waals surface area contributed by atoms with Gasteiger partial charge in [0, 0.05) is 11.8 Å². The van der Waals surface area contributed by atoms with Crippen molar-refractivity contribution >= 4 is 32.9 Å². The largest absolute Gasteiger partial charge is 0.478 e. The van der Waals surface area contributed by atoms with Gasteiger partial charge in [-0.05, 0) is 58.8 Å². The molecule has 3 aromatic heterocycles. The molecule has 1 N–H and O–H groups in total. The van der Waals surface area contributed by atoms with Gasteiger partial charge in [0.1, 0.15) is 11.5 Å². The highest BCUT2D eigenvalue weighted by Gasteiger charge is 2.18. The second-order valence-corrected chi connectivity index (χ2v) is 7.68. The summed E-state index contributed by atoms with van der Waals surface area (Å²) < 4.78 is 8.00. The SMILES string of the molecule is O=C(O)c1cc(-c2ccc(Oc3ccccc3)cc2)c(=O)n2ccc3ccsc3c12. The molecule has 5 rings (SSSR count). The van der Waals surface area contributed by atoms with Crippen LogP contribution in [0.25, 0.3) is 26.7 Å². The fourth-order valence-electron chi connectivity index (χ4n) is 3.50. The maximum Gasteiger partial charge on any atom is 0.337 e. The molecule has 3 heterocycles. The summed E-state index contributed by atoms with van der Waals surface area (Å²) in [5.74, 6) is 0.271. The number of hydrogen-bond acceptors (Lipinski definition) is 4. The Kier molecular flexibility index (Phi) is 4.34. The summed E-state index contributed by atoms with van der Waals surface area (Å²) >= 11 is 1.42. The average molecular weight is 413 g/mol. The summed E-state index contributed by atoms with van der Waals surface area (Å²) in [5, 5.41) is 12.6. The van der Waals surface area contributed by atoms with Gasteiger partial charge in [-0.3, -0.25) is 9.20 Å². The zero-order valence-corrected chi connectivity index (χ0v) is 16.4. The Labute approximate surface area is 175 Å². The van der Waals surface area contributed by atoms with Crippen molar-refractivity contribution in [2.24, 2.45) is 0 Å². The minimum absolute atomic E-state index is 0.0993. The van der Waals surface area contributed by atoms with Gasteiger partial charge in [0.05, 0.1) is 15.8 Å². The third-order valence-corrected chi connectivity index (χ3v) is 5.86. The lowest BCUT2D eigenvalue weighted by molar-refractivity contribution is 0.0698. The Morgan fingerprint density at radius 1 is 0.933 bits per heavy atom. The third-order valence-electron chi connectivity index (χ3n) is 4.92. The van der Waals surface area contributed by atoms with E-state index in [4.69, 9.17) is 4.74 Å². The number of thiophene rings is 1. The number of carbonyl (C=O) groups is 1. The Morgan fingerprint density at radius 2 is 1.67 bits per heavy atom. The van der Waals surface area contributed by atoms with Crippen molar-refractivity contribution in [3.8, 4) is 22.6 Å². The van der Waals surface area contributed by atoms with Gasteiger partial charge < -0.3 is 9.84 Å². The molecule has 0 aliphatic heterocycles. The molecule has 146 valence electrons. The minimum Gasteiger partial charge on any atom is -0.478 e. The molecule has 5 aromatic rings. The van der Waals surface area contributed by atoms with Crippen LogP contribution < -0.4 is 10.3 Å². The molecule has 0 saturated heterocycles. The normalized spacial score (nSPS) is 11.1. The fraction of sp³-hybridized carbons (Fsp3) is 0. The minimum atomic E-state index is -1.07. The van der Waals surface area contributed by atoms with Gasteiger partial charge in [0.25, 0.3) is 5.56 Å². The monoisotopic (exact) mass is 413 g/mol. The van der Waals surface area contributed by atoms with Gasteiger partial charge >= 0.3 is 5.97 Å². The number of nitrogens with zero attached hydrogens (tertiary/aromatic N) is 1. The van der Waals surface area contributed by atoms with Crippen molar-refractivity contribution in [3.63, 3.8) is 0 Å². The van der Waals surface area contributed by atoms with Crippen LogP contribution in [-0.4, -0.2) is 15.5 Å². The summed E-state index contributed by atoms with van der Waals surface area (Å²) in [4.78, 5) is 25.2. The molecule has 0 aliphatic rings. The quantitative estimate of drug-likeness (QED) is 0.412. The molecular formula is C24H15NO4S. The first-order valence-electron chi connectivity index (χ1n) is 9.24. The number of carboxylic acid groups (broad SMARTS) is 1. The number of para-hydroxylation sites is 1. The number of aromatic nitrogens is 1. The molecular weight excluding hydrogens is 398 g/mol. The Balaban J connectivity index is 1.64. The first kappa shape index (κ1) is 18.1. The van der Waals surface area contributed by atoms with Crippen LogP contribution in [-0.2, 0) is 0 Å². The third kappa shape index (κ3) is 3.03. The highest BCUT2D eigenvalue weighted by Crippen LogP contribution is 2.30. The molecule has 0 spiro atoms. The van der Waals surface area contributed by atoms with Gasteiger partial charge in [0.15, 0.2) is 0 Å². The van der Waals surface area contributed by atoms with Crippen LogP contribution in [0.4, 0.5) is 0 Å². The van der Waals surface area contributed by atoms with Crippen molar-refractivity contribution < 1.29 is 14.6 Å². The predicted molar refractivity (Wildman–Crippen MR) is 118 cm³/mol. The smallest absolute Gasteiger partial charge is 0.337 e. The van der Waals surface area contributed by atoms with E-state index >= 15 is 0 Å². The van der Waals surface area contributed by atoms with E-state index in [-0.39, 0.29) is 11.1 Å². The average Bonchev–Trinajstić information content (AvgIpc) is 3.24. The highest BCUT2D eigenvalue weighted by molar-refractivity contribution is 7.18. The standard InChI is InChI=1S/C24H15NO4S/c26-23-19(15-6-8-18(9-7-15)29-17-4-2-1-3-5-17)14-20(24(27)28)21-22-16(11-13-30-22)10-12-25(21)23/h1-14H,(H,27,28). The Hall–Kier alpha value is -3.90. The molecule has 0 amide bonds. The van der Waals surface area contributed by atoms with Gasteiger partial charge in [-0.1, -0.05) is 30.3 Å². The van der Waals surface area contributed by atoms with Gasteiger partial charge in [-0.2, -0.15) is 0 Å². The fourth-order valence-corrected chi connectivity index (χ4v) is 4.45. The second kappa shape index (κ2) is 7.17. The number of carboxylic acids is 1. The summed E-state index contributed by atoms with van der Waals surface area (Å²) in [6.45, 7) is 0. The zero-order chi connectivity index (χ0) is 20.7. The molecule has 0 unspecified atom stereocenters. The Morgan fingerprint density at radius 3 is 2.40 bits per heavy atom. The lowest BCUT2D eigenvalue weighted by atomic mass is 10.0. The number of benzene rings is 2. The van der Waals surface area contributed by atoms with Crippen LogP contribution in [0.5, 0.6) is 11.5 Å². The second-order valence-electron chi connectivity index (χ2n) is 6.76. The molecule has 0 bridgehead atoms. The van der Waals surface area contributed by atoms with Gasteiger partial charge in [-0.25, -0.2) is 4.79 Å². The molecule has 0 fully saturated rings. The van der Waals surface area contributed by atoms with E-state index < -0.39 is 5.97 Å². The van der Waals surface area contributed by atoms with Crippen molar-refractivity contribution in [3.05, 3.63) is 100 Å². The predicted octanol–water partition coefficient (Wildman–Crippen LogP) is 5.67. The van der Waals surface area contributed by atoms with Gasteiger partial charge in [-0.15, -0.1) is 11.3 Å². The van der Waals surface area contributed by atoms with Crippen LogP contribution in [0.2, 0.25) is 0 Å². The summed E-state index contributed by atoms with van der Waals surface area (Å²) in [6, 6.07) is 21.6. The highest BCUT2D eigenvalue weighted by atomic mass is 32.1. The molecule has 0 aliphatic carbocycles. The molecule has 0 radical (unpaired) electrons. The lowest BCUT2D eigenvalue weighted by Crippen LogP contribution is -2.18. The van der Waals surface area contributed by atoms with E-state index in [1.807, 2.05) is 47.8 Å². The topological polar surface area (TPSA) is 68.0 Å². The van der Waals surface area contributed by atoms with E-state index in [0.717, 1.165) is 10.1 Å². The summed E-state index contributed by atoms with van der Waals surface area (Å²) in [5.41, 5.74) is 1.22. The molecule has 2 aromatic carbocycles. The molecule has 6 heteroatoms. The number of rotatable bonds is 4. The Bertz CT molecular complexity index is 1450. The van der Waals surface area contributed by atoms with E-state index in [1.165, 1.54) is 21.8 Å². The molecule has 30 heavy (non-hydrogen) atoms. The number of pyridine rings is 2. The lowest BCUT2D eigenvalue weighted by Gasteiger charge is -2.11. The maximum atomic E-state index is 13.2. The van der Waals surface area contributed by atoms with Crippen molar-refractivity contribution in [1.82, 2.24) is 4.40 Å². The van der Waals surface area contributed by atoms with Gasteiger partial charge in [0.2, 0.25) is 0 Å². The number of ether oxygens (including phenoxy) is 1. The maximum absolute atomic E-state index is 13.2. The van der Waals surface area contributed by atoms with Crippen molar-refractivity contribution in [2.75, 3.05) is 0 Å². The van der Waals surface area contributed by atoms with E-state index in [9.17, 15) is 14.7 Å². The van der Waals surface area contributed by atoms with Crippen molar-refractivity contribution in [2.45, 2.75) is 0 Å². The number of aromatic carboxylic acids is 1. The van der Waals surface area contributed by atoms with Crippen LogP contribution in [0.15, 0.2) is 89.2 Å². The molecule has 0 atom stereocenters. The number of fused-ring (bicyclic) bond motifs is 3. The van der Waals surface area contributed by atoms with Crippen LogP contribution >= 0.6 is 11.3 Å². The van der Waals surface area contributed by atoms with Crippen LogP contribution in [0, 0.1) is 0 Å². The summed E-state index contributed by atoms with van der Waals surface area (Å²) in [6.07, 6.45) is 1.63. The van der Waals surface area contributed by atoms with E-state index in [0.29, 0.717) is 28.1 Å². The van der Waals surface area contributed by atoms with E-state index in [2.05, 4.69) is 0 Å². The molecule has 5 nitrogen and oxygen atoms in total.